The van der Waals surface area contributed by atoms with E-state index in [1.807, 2.05) is 43.3 Å². The van der Waals surface area contributed by atoms with Crippen LogP contribution in [0, 0.1) is 6.92 Å². The summed E-state index contributed by atoms with van der Waals surface area (Å²) >= 11 is 0. The van der Waals surface area contributed by atoms with Crippen molar-refractivity contribution in [2.24, 2.45) is 0 Å². The maximum atomic E-state index is 12.8. The third-order valence-electron chi connectivity index (χ3n) is 4.53. The molecule has 27 heavy (non-hydrogen) atoms. The number of nitrogens with one attached hydrogen (secondary N) is 1. The Bertz CT molecular complexity index is 934. The number of ether oxygens (including phenoxy) is 1. The molecule has 2 aromatic rings. The summed E-state index contributed by atoms with van der Waals surface area (Å²) in [6.45, 7) is 3.29. The van der Waals surface area contributed by atoms with Gasteiger partial charge in [0.05, 0.1) is 4.90 Å². The Morgan fingerprint density at radius 3 is 2.33 bits per heavy atom. The van der Waals surface area contributed by atoms with E-state index in [2.05, 4.69) is 4.72 Å². The number of benzene rings is 2. The molecule has 0 aromatic heterocycles. The Labute approximate surface area is 160 Å². The van der Waals surface area contributed by atoms with Gasteiger partial charge in [-0.1, -0.05) is 48.0 Å². The fourth-order valence-corrected chi connectivity index (χ4v) is 4.47. The quantitative estimate of drug-likeness (QED) is 0.800. The van der Waals surface area contributed by atoms with Crippen LogP contribution in [0.2, 0.25) is 0 Å². The van der Waals surface area contributed by atoms with Crippen LogP contribution in [-0.2, 0) is 19.6 Å². The Morgan fingerprint density at radius 2 is 1.70 bits per heavy atom. The van der Waals surface area contributed by atoms with Crippen LogP contribution in [0.4, 0.5) is 0 Å². The van der Waals surface area contributed by atoms with Gasteiger partial charge in [-0.3, -0.25) is 4.79 Å². The molecule has 0 unspecified atom stereocenters. The average molecular weight is 385 g/mol. The second-order valence-electron chi connectivity index (χ2n) is 6.70. The lowest BCUT2D eigenvalue weighted by molar-refractivity contribution is -0.144. The van der Waals surface area contributed by atoms with Crippen LogP contribution < -0.4 is 4.72 Å². The Morgan fingerprint density at radius 1 is 1.04 bits per heavy atom. The molecular weight excluding hydrogens is 362 g/mol. The van der Waals surface area contributed by atoms with Gasteiger partial charge in [0.1, 0.15) is 6.10 Å². The van der Waals surface area contributed by atoms with E-state index >= 15 is 0 Å². The Kier molecular flexibility index (Phi) is 5.77. The highest BCUT2D eigenvalue weighted by Crippen LogP contribution is 2.30. The lowest BCUT2D eigenvalue weighted by atomic mass is 9.88. The molecule has 0 saturated carbocycles. The minimum atomic E-state index is -3.66. The normalized spacial score (nSPS) is 20.0. The van der Waals surface area contributed by atoms with Crippen LogP contribution in [0.25, 0.3) is 5.57 Å². The highest BCUT2D eigenvalue weighted by molar-refractivity contribution is 7.89. The number of rotatable bonds is 5. The van der Waals surface area contributed by atoms with Gasteiger partial charge in [0.2, 0.25) is 10.0 Å². The van der Waals surface area contributed by atoms with Crippen molar-refractivity contribution in [2.45, 2.75) is 43.7 Å². The van der Waals surface area contributed by atoms with Crippen LogP contribution in [-0.4, -0.2) is 26.5 Å². The molecule has 142 valence electrons. The van der Waals surface area contributed by atoms with Crippen LogP contribution in [0.5, 0.6) is 0 Å². The number of aryl methyl sites for hydroxylation is 1. The predicted octanol–water partition coefficient (Wildman–Crippen LogP) is 3.45. The number of sulfonamides is 1. The zero-order valence-corrected chi connectivity index (χ0v) is 16.2. The van der Waals surface area contributed by atoms with Crippen molar-refractivity contribution in [1.29, 1.82) is 0 Å². The van der Waals surface area contributed by atoms with Crippen molar-refractivity contribution < 1.29 is 17.9 Å². The molecular formula is C21H23NO4S. The van der Waals surface area contributed by atoms with Gasteiger partial charge in [0.15, 0.2) is 0 Å². The van der Waals surface area contributed by atoms with Crippen LogP contribution in [0.15, 0.2) is 65.6 Å². The summed E-state index contributed by atoms with van der Waals surface area (Å²) in [6.07, 6.45) is 2.61. The number of carbonyl (C=O) groups excluding carboxylic acids is 1. The number of esters is 1. The first-order valence-electron chi connectivity index (χ1n) is 8.88. The third kappa shape index (κ3) is 4.84. The van der Waals surface area contributed by atoms with Gasteiger partial charge < -0.3 is 4.74 Å². The molecule has 5 nitrogen and oxygen atoms in total. The van der Waals surface area contributed by atoms with Gasteiger partial charge in [-0.05, 0) is 49.1 Å². The van der Waals surface area contributed by atoms with E-state index in [0.717, 1.165) is 16.7 Å². The molecule has 0 amide bonds. The molecule has 0 saturated heterocycles. The van der Waals surface area contributed by atoms with Crippen LogP contribution in [0.1, 0.15) is 30.9 Å². The summed E-state index contributed by atoms with van der Waals surface area (Å²) in [4.78, 5) is 11.6. The van der Waals surface area contributed by atoms with Gasteiger partial charge >= 0.3 is 5.97 Å². The summed E-state index contributed by atoms with van der Waals surface area (Å²) in [5, 5.41) is 0. The topological polar surface area (TPSA) is 72.5 Å². The summed E-state index contributed by atoms with van der Waals surface area (Å²) in [5.41, 5.74) is 2.73. The molecule has 3 rings (SSSR count). The molecule has 6 heteroatoms. The van der Waals surface area contributed by atoms with Gasteiger partial charge in [-0.25, -0.2) is 13.1 Å². The highest BCUT2D eigenvalue weighted by Gasteiger charge is 2.29. The summed E-state index contributed by atoms with van der Waals surface area (Å²) < 4.78 is 33.8. The maximum absolute atomic E-state index is 12.8. The first-order chi connectivity index (χ1) is 12.8. The van der Waals surface area contributed by atoms with Gasteiger partial charge in [0.25, 0.3) is 0 Å². The number of carbonyl (C=O) groups is 1. The van der Waals surface area contributed by atoms with E-state index in [-0.39, 0.29) is 23.0 Å². The maximum Gasteiger partial charge on any atom is 0.303 e. The van der Waals surface area contributed by atoms with Crippen molar-refractivity contribution in [3.8, 4) is 0 Å². The third-order valence-corrected chi connectivity index (χ3v) is 6.02. The SMILES string of the molecule is CC(=O)O[C@@H]1C=C(c2ccccc2)[C@@H](NS(=O)(=O)c2ccc(C)cc2)CC1. The zero-order valence-electron chi connectivity index (χ0n) is 15.4. The van der Waals surface area contributed by atoms with Crippen molar-refractivity contribution in [2.75, 3.05) is 0 Å². The van der Waals surface area contributed by atoms with E-state index in [1.54, 1.807) is 24.3 Å². The highest BCUT2D eigenvalue weighted by atomic mass is 32.2. The second kappa shape index (κ2) is 8.06. The van der Waals surface area contributed by atoms with Crippen molar-refractivity contribution >= 4 is 21.6 Å². The molecule has 0 radical (unpaired) electrons. The van der Waals surface area contributed by atoms with Gasteiger partial charge in [-0.2, -0.15) is 0 Å². The Balaban J connectivity index is 1.91. The summed E-state index contributed by atoms with van der Waals surface area (Å²) in [5.74, 6) is -0.345. The van der Waals surface area contributed by atoms with E-state index in [9.17, 15) is 13.2 Å². The second-order valence-corrected chi connectivity index (χ2v) is 8.41. The van der Waals surface area contributed by atoms with Crippen molar-refractivity contribution in [3.05, 3.63) is 71.8 Å². The lowest BCUT2D eigenvalue weighted by Gasteiger charge is -2.29. The van der Waals surface area contributed by atoms with E-state index in [4.69, 9.17) is 4.74 Å². The molecule has 0 heterocycles. The number of hydrogen-bond acceptors (Lipinski definition) is 4. The minimum absolute atomic E-state index is 0.239. The fourth-order valence-electron chi connectivity index (χ4n) is 3.22. The van der Waals surface area contributed by atoms with E-state index < -0.39 is 10.0 Å². The molecule has 1 aliphatic carbocycles. The smallest absolute Gasteiger partial charge is 0.303 e. The molecule has 0 fully saturated rings. The predicted molar refractivity (Wildman–Crippen MR) is 104 cm³/mol. The fraction of sp³-hybridized carbons (Fsp3) is 0.286. The molecule has 0 aliphatic heterocycles. The van der Waals surface area contributed by atoms with Gasteiger partial charge in [-0.15, -0.1) is 0 Å². The molecule has 2 aromatic carbocycles. The Hall–Kier alpha value is -2.44. The standard InChI is InChI=1S/C21H23NO4S/c1-15-8-11-19(12-9-15)27(24,25)22-21-13-10-18(26-16(2)23)14-20(21)17-6-4-3-5-7-17/h3-9,11-12,14,18,21-22H,10,13H2,1-2H3/t18-,21-/m0/s1. The first kappa shape index (κ1) is 19.3. The van der Waals surface area contributed by atoms with Crippen LogP contribution >= 0.6 is 0 Å². The molecule has 1 aliphatic rings. The minimum Gasteiger partial charge on any atom is -0.458 e. The first-order valence-corrected chi connectivity index (χ1v) is 10.4. The molecule has 2 atom stereocenters. The van der Waals surface area contributed by atoms with Crippen molar-refractivity contribution in [1.82, 2.24) is 4.72 Å². The zero-order chi connectivity index (χ0) is 19.4. The lowest BCUT2D eigenvalue weighted by Crippen LogP contribution is -2.39. The summed E-state index contributed by atoms with van der Waals surface area (Å²) in [7, 11) is -3.66. The molecule has 0 spiro atoms. The molecule has 0 bridgehead atoms. The monoisotopic (exact) mass is 385 g/mol. The van der Waals surface area contributed by atoms with Gasteiger partial charge in [0, 0.05) is 13.0 Å². The van der Waals surface area contributed by atoms with E-state index in [1.165, 1.54) is 6.92 Å². The molecule has 1 N–H and O–H groups in total. The van der Waals surface area contributed by atoms with Crippen LogP contribution in [0.3, 0.4) is 0 Å². The van der Waals surface area contributed by atoms with Crippen molar-refractivity contribution in [3.63, 3.8) is 0 Å². The largest absolute Gasteiger partial charge is 0.458 e. The average Bonchev–Trinajstić information content (AvgIpc) is 2.63. The number of hydrogen-bond donors (Lipinski definition) is 1. The van der Waals surface area contributed by atoms with E-state index in [0.29, 0.717) is 12.8 Å². The summed E-state index contributed by atoms with van der Waals surface area (Å²) in [6, 6.07) is 15.9.